The van der Waals surface area contributed by atoms with Crippen LogP contribution in [0.15, 0.2) is 10.9 Å². The van der Waals surface area contributed by atoms with Crippen molar-refractivity contribution >= 4 is 0 Å². The second-order valence-electron chi connectivity index (χ2n) is 4.48. The van der Waals surface area contributed by atoms with Crippen molar-refractivity contribution in [3.8, 4) is 0 Å². The molecule has 4 heteroatoms. The minimum atomic E-state index is -0.0450. The Balaban J connectivity index is 2.11. The minimum Gasteiger partial charge on any atom is -0.381 e. The maximum absolute atomic E-state index is 11.4. The Bertz CT molecular complexity index is 406. The summed E-state index contributed by atoms with van der Waals surface area (Å²) in [7, 11) is 1.76. The van der Waals surface area contributed by atoms with Crippen LogP contribution in [0, 0.1) is 6.92 Å². The molecule has 0 atom stereocenters. The van der Waals surface area contributed by atoms with Gasteiger partial charge in [0.15, 0.2) is 0 Å². The molecule has 0 unspecified atom stereocenters. The Labute approximate surface area is 95.1 Å². The molecule has 0 aromatic carbocycles. The molecular formula is C12H18N2O2. The predicted octanol–water partition coefficient (Wildman–Crippen LogP) is 1.75. The normalized spacial score (nSPS) is 25.6. The molecule has 0 saturated heterocycles. The third-order valence-electron chi connectivity index (χ3n) is 3.28. The molecule has 1 aromatic heterocycles. The molecule has 2 rings (SSSR count). The van der Waals surface area contributed by atoms with Gasteiger partial charge in [-0.05, 0) is 32.6 Å². The molecule has 0 radical (unpaired) electrons. The van der Waals surface area contributed by atoms with Crippen molar-refractivity contribution in [2.45, 2.75) is 44.6 Å². The van der Waals surface area contributed by atoms with Crippen LogP contribution in [-0.2, 0) is 4.74 Å². The maximum atomic E-state index is 11.4. The monoisotopic (exact) mass is 222 g/mol. The van der Waals surface area contributed by atoms with Crippen molar-refractivity contribution in [2.24, 2.45) is 0 Å². The highest BCUT2D eigenvalue weighted by Gasteiger charge is 2.23. The van der Waals surface area contributed by atoms with Crippen LogP contribution in [0.5, 0.6) is 0 Å². The number of ether oxygens (including phenoxy) is 1. The lowest BCUT2D eigenvalue weighted by molar-refractivity contribution is 0.0650. The van der Waals surface area contributed by atoms with E-state index in [0.29, 0.717) is 12.0 Å². The first-order valence-electron chi connectivity index (χ1n) is 5.79. The number of nitrogens with zero attached hydrogens (tertiary/aromatic N) is 1. The predicted molar refractivity (Wildman–Crippen MR) is 61.6 cm³/mol. The van der Waals surface area contributed by atoms with E-state index in [0.717, 1.165) is 37.2 Å². The van der Waals surface area contributed by atoms with Crippen molar-refractivity contribution in [1.29, 1.82) is 0 Å². The Morgan fingerprint density at radius 3 is 2.62 bits per heavy atom. The van der Waals surface area contributed by atoms with Gasteiger partial charge in [-0.25, -0.2) is 4.98 Å². The average Bonchev–Trinajstić information content (AvgIpc) is 2.28. The summed E-state index contributed by atoms with van der Waals surface area (Å²) in [4.78, 5) is 18.6. The van der Waals surface area contributed by atoms with Gasteiger partial charge in [0.1, 0.15) is 5.82 Å². The van der Waals surface area contributed by atoms with Crippen molar-refractivity contribution < 1.29 is 4.74 Å². The summed E-state index contributed by atoms with van der Waals surface area (Å²) in [5.41, 5.74) is 0.754. The largest absolute Gasteiger partial charge is 0.381 e. The summed E-state index contributed by atoms with van der Waals surface area (Å²) in [5, 5.41) is 0. The molecule has 0 spiro atoms. The number of methoxy groups -OCH3 is 1. The van der Waals surface area contributed by atoms with Crippen molar-refractivity contribution in [3.63, 3.8) is 0 Å². The van der Waals surface area contributed by atoms with E-state index in [4.69, 9.17) is 4.74 Å². The van der Waals surface area contributed by atoms with E-state index < -0.39 is 0 Å². The molecule has 1 aliphatic carbocycles. The quantitative estimate of drug-likeness (QED) is 0.829. The van der Waals surface area contributed by atoms with Gasteiger partial charge >= 0.3 is 0 Å². The number of hydrogen-bond acceptors (Lipinski definition) is 3. The molecule has 1 aliphatic rings. The second-order valence-corrected chi connectivity index (χ2v) is 4.48. The van der Waals surface area contributed by atoms with Crippen molar-refractivity contribution in [1.82, 2.24) is 9.97 Å². The van der Waals surface area contributed by atoms with Crippen molar-refractivity contribution in [3.05, 3.63) is 27.9 Å². The van der Waals surface area contributed by atoms with Gasteiger partial charge in [-0.15, -0.1) is 0 Å². The summed E-state index contributed by atoms with van der Waals surface area (Å²) in [5.74, 6) is 1.23. The average molecular weight is 222 g/mol. The number of aryl methyl sites for hydroxylation is 1. The molecule has 88 valence electrons. The lowest BCUT2D eigenvalue weighted by Crippen LogP contribution is -2.22. The van der Waals surface area contributed by atoms with Crippen LogP contribution in [0.1, 0.15) is 43.1 Å². The molecule has 0 aliphatic heterocycles. The van der Waals surface area contributed by atoms with E-state index in [-0.39, 0.29) is 5.56 Å². The summed E-state index contributed by atoms with van der Waals surface area (Å²) >= 11 is 0. The molecule has 0 amide bonds. The Hall–Kier alpha value is -1.16. The zero-order chi connectivity index (χ0) is 11.5. The van der Waals surface area contributed by atoms with Gasteiger partial charge in [0, 0.05) is 24.8 Å². The van der Waals surface area contributed by atoms with Crippen molar-refractivity contribution in [2.75, 3.05) is 7.11 Å². The second kappa shape index (κ2) is 4.78. The van der Waals surface area contributed by atoms with Crippen LogP contribution in [0.25, 0.3) is 0 Å². The summed E-state index contributed by atoms with van der Waals surface area (Å²) in [6.45, 7) is 1.86. The summed E-state index contributed by atoms with van der Waals surface area (Å²) in [6, 6.07) is 1.53. The van der Waals surface area contributed by atoms with Gasteiger partial charge < -0.3 is 9.72 Å². The van der Waals surface area contributed by atoms with Crippen LogP contribution >= 0.6 is 0 Å². The van der Waals surface area contributed by atoms with Gasteiger partial charge in [-0.3, -0.25) is 4.79 Å². The molecule has 0 bridgehead atoms. The van der Waals surface area contributed by atoms with E-state index in [1.165, 1.54) is 6.07 Å². The maximum Gasteiger partial charge on any atom is 0.251 e. The number of aromatic nitrogens is 2. The molecule has 1 fully saturated rings. The number of aromatic amines is 1. The van der Waals surface area contributed by atoms with Crippen LogP contribution in [0.3, 0.4) is 0 Å². The number of nitrogens with one attached hydrogen (secondary N) is 1. The van der Waals surface area contributed by atoms with E-state index in [1.807, 2.05) is 6.92 Å². The lowest BCUT2D eigenvalue weighted by atomic mass is 9.87. The standard InChI is InChI=1S/C12H18N2O2/c1-8-7-11(15)14-12(13-8)9-3-5-10(16-2)6-4-9/h7,9-10H,3-6H2,1-2H3,(H,13,14,15). The highest BCUT2D eigenvalue weighted by atomic mass is 16.5. The molecule has 1 N–H and O–H groups in total. The van der Waals surface area contributed by atoms with Gasteiger partial charge in [-0.2, -0.15) is 0 Å². The summed E-state index contributed by atoms with van der Waals surface area (Å²) < 4.78 is 5.33. The first-order chi connectivity index (χ1) is 7.69. The molecule has 4 nitrogen and oxygen atoms in total. The van der Waals surface area contributed by atoms with Crippen LogP contribution < -0.4 is 5.56 Å². The van der Waals surface area contributed by atoms with E-state index in [2.05, 4.69) is 9.97 Å². The lowest BCUT2D eigenvalue weighted by Gasteiger charge is -2.26. The highest BCUT2D eigenvalue weighted by Crippen LogP contribution is 2.31. The third kappa shape index (κ3) is 2.50. The Morgan fingerprint density at radius 2 is 2.06 bits per heavy atom. The zero-order valence-corrected chi connectivity index (χ0v) is 9.82. The van der Waals surface area contributed by atoms with E-state index >= 15 is 0 Å². The first kappa shape index (κ1) is 11.3. The molecule has 1 aromatic rings. The molecule has 16 heavy (non-hydrogen) atoms. The van der Waals surface area contributed by atoms with Crippen LogP contribution in [-0.4, -0.2) is 23.2 Å². The highest BCUT2D eigenvalue weighted by molar-refractivity contribution is 5.05. The number of rotatable bonds is 2. The van der Waals surface area contributed by atoms with E-state index in [9.17, 15) is 4.79 Å². The summed E-state index contributed by atoms with van der Waals surface area (Å²) in [6.07, 6.45) is 4.58. The third-order valence-corrected chi connectivity index (χ3v) is 3.28. The zero-order valence-electron chi connectivity index (χ0n) is 9.82. The van der Waals surface area contributed by atoms with Crippen LogP contribution in [0.2, 0.25) is 0 Å². The topological polar surface area (TPSA) is 55.0 Å². The smallest absolute Gasteiger partial charge is 0.251 e. The number of H-pyrrole nitrogens is 1. The van der Waals surface area contributed by atoms with Gasteiger partial charge in [0.05, 0.1) is 6.10 Å². The fourth-order valence-electron chi connectivity index (χ4n) is 2.37. The number of hydrogen-bond donors (Lipinski definition) is 1. The Kier molecular flexibility index (Phi) is 3.39. The SMILES string of the molecule is COC1CCC(c2nc(C)cc(=O)[nH]2)CC1. The van der Waals surface area contributed by atoms with Gasteiger partial charge in [0.25, 0.3) is 5.56 Å². The minimum absolute atomic E-state index is 0.0450. The first-order valence-corrected chi connectivity index (χ1v) is 5.79. The van der Waals surface area contributed by atoms with Crippen LogP contribution in [0.4, 0.5) is 0 Å². The molecule has 1 heterocycles. The molecule has 1 saturated carbocycles. The van der Waals surface area contributed by atoms with E-state index in [1.54, 1.807) is 7.11 Å². The van der Waals surface area contributed by atoms with Gasteiger partial charge in [-0.1, -0.05) is 0 Å². The Morgan fingerprint density at radius 1 is 1.38 bits per heavy atom. The molecular weight excluding hydrogens is 204 g/mol. The van der Waals surface area contributed by atoms with Gasteiger partial charge in [0.2, 0.25) is 0 Å². The fraction of sp³-hybridized carbons (Fsp3) is 0.667. The fourth-order valence-corrected chi connectivity index (χ4v) is 2.37.